The molecule has 17 heavy (non-hydrogen) atoms. The van der Waals surface area contributed by atoms with Crippen LogP contribution >= 0.6 is 11.6 Å². The molecule has 4 nitrogen and oxygen atoms in total. The van der Waals surface area contributed by atoms with Gasteiger partial charge < -0.3 is 14.9 Å². The molecule has 0 fully saturated rings. The SMILES string of the molecule is COc1ccc(CCCCl)c(C(O)C(=O)O)c1. The van der Waals surface area contributed by atoms with Gasteiger partial charge in [0, 0.05) is 5.88 Å². The Morgan fingerprint density at radius 1 is 1.53 bits per heavy atom. The summed E-state index contributed by atoms with van der Waals surface area (Å²) in [5, 5.41) is 18.4. The molecule has 0 spiro atoms. The lowest BCUT2D eigenvalue weighted by molar-refractivity contribution is -0.147. The second-order valence-electron chi connectivity index (χ2n) is 3.60. The Morgan fingerprint density at radius 2 is 2.24 bits per heavy atom. The molecular weight excluding hydrogens is 244 g/mol. The minimum atomic E-state index is -1.53. The first-order chi connectivity index (χ1) is 8.10. The van der Waals surface area contributed by atoms with E-state index in [1.54, 1.807) is 18.2 Å². The van der Waals surface area contributed by atoms with Crippen LogP contribution < -0.4 is 4.74 Å². The molecule has 0 radical (unpaired) electrons. The van der Waals surface area contributed by atoms with E-state index >= 15 is 0 Å². The number of hydrogen-bond acceptors (Lipinski definition) is 3. The van der Waals surface area contributed by atoms with E-state index in [-0.39, 0.29) is 0 Å². The van der Waals surface area contributed by atoms with Crippen molar-refractivity contribution >= 4 is 17.6 Å². The number of halogens is 1. The monoisotopic (exact) mass is 258 g/mol. The van der Waals surface area contributed by atoms with Crippen molar-refractivity contribution in [2.24, 2.45) is 0 Å². The van der Waals surface area contributed by atoms with E-state index in [9.17, 15) is 9.90 Å². The van der Waals surface area contributed by atoms with Gasteiger partial charge in [0.2, 0.25) is 0 Å². The number of aliphatic hydroxyl groups is 1. The minimum absolute atomic E-state index is 0.363. The number of ether oxygens (including phenoxy) is 1. The van der Waals surface area contributed by atoms with Crippen LogP contribution in [-0.2, 0) is 11.2 Å². The van der Waals surface area contributed by atoms with Gasteiger partial charge in [0.1, 0.15) is 5.75 Å². The number of aliphatic carboxylic acids is 1. The van der Waals surface area contributed by atoms with E-state index in [1.807, 2.05) is 0 Å². The van der Waals surface area contributed by atoms with Gasteiger partial charge in [-0.25, -0.2) is 4.79 Å². The Kier molecular flexibility index (Phi) is 5.25. The Morgan fingerprint density at radius 3 is 2.76 bits per heavy atom. The predicted octanol–water partition coefficient (Wildman–Crippen LogP) is 1.98. The number of hydrogen-bond donors (Lipinski definition) is 2. The van der Waals surface area contributed by atoms with Crippen molar-refractivity contribution in [2.75, 3.05) is 13.0 Å². The zero-order valence-electron chi connectivity index (χ0n) is 9.52. The quantitative estimate of drug-likeness (QED) is 0.766. The molecule has 1 atom stereocenters. The normalized spacial score (nSPS) is 12.2. The summed E-state index contributed by atoms with van der Waals surface area (Å²) in [4.78, 5) is 10.8. The molecule has 0 aliphatic heterocycles. The highest BCUT2D eigenvalue weighted by atomic mass is 35.5. The lowest BCUT2D eigenvalue weighted by Gasteiger charge is -2.13. The molecule has 0 aliphatic carbocycles. The van der Waals surface area contributed by atoms with Crippen LogP contribution in [0.15, 0.2) is 18.2 Å². The molecule has 0 amide bonds. The second kappa shape index (κ2) is 6.47. The van der Waals surface area contributed by atoms with E-state index in [4.69, 9.17) is 21.4 Å². The highest BCUT2D eigenvalue weighted by Gasteiger charge is 2.20. The molecule has 1 aromatic rings. The number of alkyl halides is 1. The first-order valence-corrected chi connectivity index (χ1v) is 5.77. The first kappa shape index (κ1) is 13.8. The van der Waals surface area contributed by atoms with E-state index in [2.05, 4.69) is 0 Å². The van der Waals surface area contributed by atoms with E-state index in [1.165, 1.54) is 7.11 Å². The maximum atomic E-state index is 10.8. The molecule has 0 aliphatic rings. The van der Waals surface area contributed by atoms with Gasteiger partial charge in [-0.3, -0.25) is 0 Å². The standard InChI is InChI=1S/C12H15ClO4/c1-17-9-5-4-8(3-2-6-13)10(7-9)11(14)12(15)16/h4-5,7,11,14H,2-3,6H2,1H3,(H,15,16). The second-order valence-corrected chi connectivity index (χ2v) is 3.98. The largest absolute Gasteiger partial charge is 0.497 e. The number of aliphatic hydroxyl groups excluding tert-OH is 1. The van der Waals surface area contributed by atoms with Gasteiger partial charge >= 0.3 is 5.97 Å². The van der Waals surface area contributed by atoms with Crippen molar-refractivity contribution < 1.29 is 19.7 Å². The summed E-state index contributed by atoms with van der Waals surface area (Å²) in [5.41, 5.74) is 1.14. The van der Waals surface area contributed by atoms with Crippen molar-refractivity contribution in [3.8, 4) is 5.75 Å². The number of carboxylic acid groups (broad SMARTS) is 1. The number of aryl methyl sites for hydroxylation is 1. The Labute approximate surface area is 105 Å². The third-order valence-electron chi connectivity index (χ3n) is 2.46. The molecule has 0 saturated heterocycles. The van der Waals surface area contributed by atoms with Crippen LogP contribution in [0.3, 0.4) is 0 Å². The van der Waals surface area contributed by atoms with Gasteiger partial charge in [-0.15, -0.1) is 11.6 Å². The highest BCUT2D eigenvalue weighted by Crippen LogP contribution is 2.25. The molecule has 5 heteroatoms. The van der Waals surface area contributed by atoms with E-state index in [0.717, 1.165) is 12.0 Å². The zero-order valence-corrected chi connectivity index (χ0v) is 10.3. The van der Waals surface area contributed by atoms with Crippen molar-refractivity contribution in [1.29, 1.82) is 0 Å². The zero-order chi connectivity index (χ0) is 12.8. The van der Waals surface area contributed by atoms with Crippen LogP contribution in [0.2, 0.25) is 0 Å². The molecule has 0 bridgehead atoms. The van der Waals surface area contributed by atoms with Crippen LogP contribution in [-0.4, -0.2) is 29.2 Å². The van der Waals surface area contributed by atoms with Crippen LogP contribution in [0.4, 0.5) is 0 Å². The lowest BCUT2D eigenvalue weighted by Crippen LogP contribution is -2.13. The molecule has 1 unspecified atom stereocenters. The molecular formula is C12H15ClO4. The number of rotatable bonds is 6. The Hall–Kier alpha value is -1.26. The molecule has 1 aromatic carbocycles. The fraction of sp³-hybridized carbons (Fsp3) is 0.417. The summed E-state index contributed by atoms with van der Waals surface area (Å²) < 4.78 is 5.01. The Bertz CT molecular complexity index is 392. The van der Waals surface area contributed by atoms with Crippen LogP contribution in [0.5, 0.6) is 5.75 Å². The maximum absolute atomic E-state index is 10.8. The van der Waals surface area contributed by atoms with E-state index < -0.39 is 12.1 Å². The van der Waals surface area contributed by atoms with Crippen LogP contribution in [0.25, 0.3) is 0 Å². The number of carbonyl (C=O) groups is 1. The first-order valence-electron chi connectivity index (χ1n) is 5.23. The van der Waals surface area contributed by atoms with Crippen LogP contribution in [0, 0.1) is 0 Å². The third kappa shape index (κ3) is 3.61. The number of carboxylic acids is 1. The average molecular weight is 259 g/mol. The summed E-state index contributed by atoms with van der Waals surface area (Å²) in [6.07, 6.45) is -0.171. The summed E-state index contributed by atoms with van der Waals surface area (Å²) >= 11 is 5.60. The molecule has 94 valence electrons. The molecule has 1 rings (SSSR count). The molecule has 0 heterocycles. The smallest absolute Gasteiger partial charge is 0.337 e. The van der Waals surface area contributed by atoms with Gasteiger partial charge in [-0.1, -0.05) is 6.07 Å². The summed E-state index contributed by atoms with van der Waals surface area (Å²) in [6.45, 7) is 0. The third-order valence-corrected chi connectivity index (χ3v) is 2.73. The molecule has 0 aromatic heterocycles. The van der Waals surface area contributed by atoms with Crippen molar-refractivity contribution in [3.63, 3.8) is 0 Å². The van der Waals surface area contributed by atoms with Crippen molar-refractivity contribution in [2.45, 2.75) is 18.9 Å². The van der Waals surface area contributed by atoms with Gasteiger partial charge in [0.15, 0.2) is 6.10 Å². The highest BCUT2D eigenvalue weighted by molar-refractivity contribution is 6.17. The van der Waals surface area contributed by atoms with Gasteiger partial charge in [-0.05, 0) is 36.1 Å². The van der Waals surface area contributed by atoms with Gasteiger partial charge in [0.25, 0.3) is 0 Å². The predicted molar refractivity (Wildman–Crippen MR) is 64.6 cm³/mol. The van der Waals surface area contributed by atoms with Crippen LogP contribution in [0.1, 0.15) is 23.7 Å². The Balaban J connectivity index is 3.06. The molecule has 0 saturated carbocycles. The van der Waals surface area contributed by atoms with Crippen molar-refractivity contribution in [1.82, 2.24) is 0 Å². The number of benzene rings is 1. The van der Waals surface area contributed by atoms with E-state index in [0.29, 0.717) is 23.6 Å². The van der Waals surface area contributed by atoms with Gasteiger partial charge in [-0.2, -0.15) is 0 Å². The van der Waals surface area contributed by atoms with Gasteiger partial charge in [0.05, 0.1) is 7.11 Å². The van der Waals surface area contributed by atoms with Crippen molar-refractivity contribution in [3.05, 3.63) is 29.3 Å². The maximum Gasteiger partial charge on any atom is 0.337 e. The fourth-order valence-electron chi connectivity index (χ4n) is 1.57. The topological polar surface area (TPSA) is 66.8 Å². The molecule has 2 N–H and O–H groups in total. The summed E-state index contributed by atoms with van der Waals surface area (Å²) in [6, 6.07) is 5.04. The average Bonchev–Trinajstić information content (AvgIpc) is 2.35. The summed E-state index contributed by atoms with van der Waals surface area (Å²) in [5.74, 6) is -0.255. The number of methoxy groups -OCH3 is 1. The summed E-state index contributed by atoms with van der Waals surface area (Å²) in [7, 11) is 1.49. The fourth-order valence-corrected chi connectivity index (χ4v) is 1.71. The lowest BCUT2D eigenvalue weighted by atomic mass is 9.98. The minimum Gasteiger partial charge on any atom is -0.497 e.